The number of hydrogen-bond donors (Lipinski definition) is 0. The van der Waals surface area contributed by atoms with Gasteiger partial charge in [-0.3, -0.25) is 4.79 Å². The Labute approximate surface area is 143 Å². The molecule has 0 aromatic heterocycles. The Hall–Kier alpha value is -2.49. The standard InChI is InChI=1S/C20H23NO3/c1-14(17-9-8-16(23-2)13-19(17)24-3)12-20(22)21-11-10-15-6-4-5-7-18(15)21/h4-9,13-14H,10-12H2,1-3H3. The molecule has 1 heterocycles. The molecule has 3 rings (SSSR count). The fourth-order valence-electron chi connectivity index (χ4n) is 3.30. The second-order valence-corrected chi connectivity index (χ2v) is 6.14. The summed E-state index contributed by atoms with van der Waals surface area (Å²) in [5.41, 5.74) is 3.33. The van der Waals surface area contributed by atoms with E-state index >= 15 is 0 Å². The van der Waals surface area contributed by atoms with E-state index in [2.05, 4.69) is 13.0 Å². The van der Waals surface area contributed by atoms with Crippen LogP contribution in [0, 0.1) is 0 Å². The summed E-state index contributed by atoms with van der Waals surface area (Å²) < 4.78 is 10.7. The molecule has 0 saturated heterocycles. The van der Waals surface area contributed by atoms with E-state index in [1.54, 1.807) is 14.2 Å². The monoisotopic (exact) mass is 325 g/mol. The van der Waals surface area contributed by atoms with Crippen LogP contribution in [0.4, 0.5) is 5.69 Å². The molecule has 0 bridgehead atoms. The molecule has 0 N–H and O–H groups in total. The third-order valence-corrected chi connectivity index (χ3v) is 4.64. The zero-order chi connectivity index (χ0) is 17.1. The first-order valence-corrected chi connectivity index (χ1v) is 8.24. The molecule has 1 amide bonds. The predicted octanol–water partition coefficient (Wildman–Crippen LogP) is 3.79. The summed E-state index contributed by atoms with van der Waals surface area (Å²) >= 11 is 0. The number of fused-ring (bicyclic) bond motifs is 1. The summed E-state index contributed by atoms with van der Waals surface area (Å²) in [4.78, 5) is 14.7. The predicted molar refractivity (Wildman–Crippen MR) is 95.1 cm³/mol. The molecular formula is C20H23NO3. The summed E-state index contributed by atoms with van der Waals surface area (Å²) in [6.45, 7) is 2.83. The van der Waals surface area contributed by atoms with Gasteiger partial charge in [0.05, 0.1) is 14.2 Å². The number of rotatable bonds is 5. The van der Waals surface area contributed by atoms with Crippen molar-refractivity contribution in [3.05, 3.63) is 53.6 Å². The van der Waals surface area contributed by atoms with Gasteiger partial charge in [-0.15, -0.1) is 0 Å². The maximum Gasteiger partial charge on any atom is 0.227 e. The lowest BCUT2D eigenvalue weighted by Gasteiger charge is -2.21. The van der Waals surface area contributed by atoms with Gasteiger partial charge >= 0.3 is 0 Å². The second kappa shape index (κ2) is 6.95. The molecule has 0 fully saturated rings. The summed E-state index contributed by atoms with van der Waals surface area (Å²) in [5.74, 6) is 1.75. The first-order chi connectivity index (χ1) is 11.6. The van der Waals surface area contributed by atoms with Gasteiger partial charge in [-0.05, 0) is 35.6 Å². The van der Waals surface area contributed by atoms with E-state index in [-0.39, 0.29) is 11.8 Å². The van der Waals surface area contributed by atoms with Crippen molar-refractivity contribution in [2.75, 3.05) is 25.7 Å². The van der Waals surface area contributed by atoms with Crippen LogP contribution in [-0.2, 0) is 11.2 Å². The van der Waals surface area contributed by atoms with Crippen molar-refractivity contribution >= 4 is 11.6 Å². The average Bonchev–Trinajstić information content (AvgIpc) is 3.05. The van der Waals surface area contributed by atoms with Crippen LogP contribution in [0.25, 0.3) is 0 Å². The van der Waals surface area contributed by atoms with Crippen LogP contribution < -0.4 is 14.4 Å². The second-order valence-electron chi connectivity index (χ2n) is 6.14. The molecule has 24 heavy (non-hydrogen) atoms. The van der Waals surface area contributed by atoms with Crippen molar-refractivity contribution in [2.45, 2.75) is 25.7 Å². The van der Waals surface area contributed by atoms with E-state index in [9.17, 15) is 4.79 Å². The summed E-state index contributed by atoms with van der Waals surface area (Å²) in [6.07, 6.45) is 1.39. The largest absolute Gasteiger partial charge is 0.497 e. The molecule has 126 valence electrons. The summed E-state index contributed by atoms with van der Waals surface area (Å²) in [6, 6.07) is 13.9. The van der Waals surface area contributed by atoms with Gasteiger partial charge in [0.1, 0.15) is 11.5 Å². The molecule has 0 saturated carbocycles. The Morgan fingerprint density at radius 2 is 1.96 bits per heavy atom. The molecule has 1 unspecified atom stereocenters. The lowest BCUT2D eigenvalue weighted by atomic mass is 9.96. The van der Waals surface area contributed by atoms with Crippen molar-refractivity contribution in [1.82, 2.24) is 0 Å². The zero-order valence-corrected chi connectivity index (χ0v) is 14.4. The van der Waals surface area contributed by atoms with Crippen LogP contribution >= 0.6 is 0 Å². The number of carbonyl (C=O) groups excluding carboxylic acids is 1. The number of methoxy groups -OCH3 is 2. The highest BCUT2D eigenvalue weighted by atomic mass is 16.5. The fraction of sp³-hybridized carbons (Fsp3) is 0.350. The van der Waals surface area contributed by atoms with Gasteiger partial charge in [-0.2, -0.15) is 0 Å². The highest BCUT2D eigenvalue weighted by Gasteiger charge is 2.26. The minimum absolute atomic E-state index is 0.0751. The minimum atomic E-state index is 0.0751. The quantitative estimate of drug-likeness (QED) is 0.839. The number of amides is 1. The number of nitrogens with zero attached hydrogens (tertiary/aromatic N) is 1. The van der Waals surface area contributed by atoms with E-state index in [1.165, 1.54) is 5.56 Å². The Bertz CT molecular complexity index is 741. The lowest BCUT2D eigenvalue weighted by molar-refractivity contribution is -0.118. The van der Waals surface area contributed by atoms with Crippen LogP contribution in [0.5, 0.6) is 11.5 Å². The number of para-hydroxylation sites is 1. The maximum atomic E-state index is 12.8. The van der Waals surface area contributed by atoms with Crippen LogP contribution in [0.2, 0.25) is 0 Å². The summed E-state index contributed by atoms with van der Waals surface area (Å²) in [7, 11) is 3.27. The van der Waals surface area contributed by atoms with Crippen molar-refractivity contribution in [3.8, 4) is 11.5 Å². The average molecular weight is 325 g/mol. The van der Waals surface area contributed by atoms with Crippen molar-refractivity contribution in [2.24, 2.45) is 0 Å². The van der Waals surface area contributed by atoms with Crippen LogP contribution in [0.1, 0.15) is 30.4 Å². The van der Waals surface area contributed by atoms with Gasteiger partial charge in [0.2, 0.25) is 5.91 Å². The molecule has 1 aliphatic heterocycles. The Morgan fingerprint density at radius 1 is 1.17 bits per heavy atom. The molecule has 0 spiro atoms. The van der Waals surface area contributed by atoms with E-state index in [4.69, 9.17) is 9.47 Å². The fourth-order valence-corrected chi connectivity index (χ4v) is 3.30. The third-order valence-electron chi connectivity index (χ3n) is 4.64. The Morgan fingerprint density at radius 3 is 2.71 bits per heavy atom. The molecule has 1 aliphatic rings. The Balaban J connectivity index is 1.76. The van der Waals surface area contributed by atoms with Crippen LogP contribution in [0.15, 0.2) is 42.5 Å². The topological polar surface area (TPSA) is 38.8 Å². The van der Waals surface area contributed by atoms with Crippen molar-refractivity contribution in [1.29, 1.82) is 0 Å². The molecule has 0 radical (unpaired) electrons. The first-order valence-electron chi connectivity index (χ1n) is 8.24. The molecule has 4 heteroatoms. The van der Waals surface area contributed by atoms with E-state index in [0.29, 0.717) is 6.42 Å². The minimum Gasteiger partial charge on any atom is -0.497 e. The van der Waals surface area contributed by atoms with Gasteiger partial charge in [0, 0.05) is 24.7 Å². The van der Waals surface area contributed by atoms with E-state index in [1.807, 2.05) is 41.3 Å². The van der Waals surface area contributed by atoms with Gasteiger partial charge in [0.15, 0.2) is 0 Å². The zero-order valence-electron chi connectivity index (χ0n) is 14.4. The maximum absolute atomic E-state index is 12.8. The lowest BCUT2D eigenvalue weighted by Crippen LogP contribution is -2.29. The number of hydrogen-bond acceptors (Lipinski definition) is 3. The van der Waals surface area contributed by atoms with Crippen molar-refractivity contribution in [3.63, 3.8) is 0 Å². The first kappa shape index (κ1) is 16.4. The van der Waals surface area contributed by atoms with Gasteiger partial charge in [-0.1, -0.05) is 31.2 Å². The third kappa shape index (κ3) is 3.09. The molecule has 2 aromatic rings. The summed E-state index contributed by atoms with van der Waals surface area (Å²) in [5, 5.41) is 0. The number of carbonyl (C=O) groups is 1. The van der Waals surface area contributed by atoms with E-state index < -0.39 is 0 Å². The SMILES string of the molecule is COc1ccc(C(C)CC(=O)N2CCc3ccccc32)c(OC)c1. The molecule has 0 aliphatic carbocycles. The van der Waals surface area contributed by atoms with Crippen LogP contribution in [-0.4, -0.2) is 26.7 Å². The van der Waals surface area contributed by atoms with Crippen LogP contribution in [0.3, 0.4) is 0 Å². The smallest absolute Gasteiger partial charge is 0.227 e. The Kier molecular flexibility index (Phi) is 4.74. The number of ether oxygens (including phenoxy) is 2. The van der Waals surface area contributed by atoms with Gasteiger partial charge in [0.25, 0.3) is 0 Å². The molecular weight excluding hydrogens is 302 g/mol. The van der Waals surface area contributed by atoms with Gasteiger partial charge in [-0.25, -0.2) is 0 Å². The number of benzene rings is 2. The highest BCUT2D eigenvalue weighted by molar-refractivity contribution is 5.95. The molecule has 1 atom stereocenters. The normalized spacial score (nSPS) is 14.2. The van der Waals surface area contributed by atoms with E-state index in [0.717, 1.165) is 35.7 Å². The number of anilines is 1. The highest BCUT2D eigenvalue weighted by Crippen LogP contribution is 2.34. The van der Waals surface area contributed by atoms with Crippen molar-refractivity contribution < 1.29 is 14.3 Å². The molecule has 4 nitrogen and oxygen atoms in total. The van der Waals surface area contributed by atoms with Gasteiger partial charge < -0.3 is 14.4 Å². The molecule has 2 aromatic carbocycles.